The molecule has 0 N–H and O–H groups in total. The van der Waals surface area contributed by atoms with Gasteiger partial charge in [-0.2, -0.15) is 0 Å². The summed E-state index contributed by atoms with van der Waals surface area (Å²) >= 11 is 0. The minimum atomic E-state index is 0.551. The van der Waals surface area contributed by atoms with Gasteiger partial charge in [-0.05, 0) is 55.8 Å². The van der Waals surface area contributed by atoms with E-state index in [1.807, 2.05) is 0 Å². The van der Waals surface area contributed by atoms with Gasteiger partial charge in [0.05, 0.1) is 0 Å². The Balaban J connectivity index is 2.83. The molecule has 0 aromatic rings. The van der Waals surface area contributed by atoms with Gasteiger partial charge in [-0.1, -0.05) is 65.5 Å². The van der Waals surface area contributed by atoms with Crippen molar-refractivity contribution in [1.82, 2.24) is 0 Å². The summed E-state index contributed by atoms with van der Waals surface area (Å²) in [6.45, 7) is 16.9. The molecular formula is C19H36. The number of hydrogen-bond acceptors (Lipinski definition) is 0. The van der Waals surface area contributed by atoms with E-state index in [0.717, 1.165) is 17.8 Å². The number of hydrogen-bond donors (Lipinski definition) is 0. The topological polar surface area (TPSA) is 0 Å². The standard InChI is InChI=1S/C19H36/c1-8-14(4)17(10-3)13-19(7)12-11-18(16(19)6)15(5)9-2/h14,16-17H,8-13H2,1-7H3/b18-15+/t14?,16-,17?,19+/m0/s1. The monoisotopic (exact) mass is 264 g/mol. The van der Waals surface area contributed by atoms with E-state index in [1.165, 1.54) is 38.5 Å². The Bertz CT molecular complexity index is 312. The van der Waals surface area contributed by atoms with Gasteiger partial charge in [0.25, 0.3) is 0 Å². The zero-order valence-electron chi connectivity index (χ0n) is 14.5. The predicted molar refractivity (Wildman–Crippen MR) is 87.3 cm³/mol. The zero-order chi connectivity index (χ0) is 14.6. The van der Waals surface area contributed by atoms with Gasteiger partial charge in [0.15, 0.2) is 0 Å². The smallest absolute Gasteiger partial charge is 0.0175 e. The van der Waals surface area contributed by atoms with Crippen LogP contribution < -0.4 is 0 Å². The van der Waals surface area contributed by atoms with Gasteiger partial charge in [0.2, 0.25) is 0 Å². The van der Waals surface area contributed by atoms with Crippen LogP contribution in [0.4, 0.5) is 0 Å². The fourth-order valence-electron chi connectivity index (χ4n) is 4.04. The zero-order valence-corrected chi connectivity index (χ0v) is 14.5. The van der Waals surface area contributed by atoms with E-state index in [-0.39, 0.29) is 0 Å². The second-order valence-electron chi connectivity index (χ2n) is 7.29. The summed E-state index contributed by atoms with van der Waals surface area (Å²) in [6.07, 6.45) is 8.11. The van der Waals surface area contributed by atoms with Crippen LogP contribution in [0.2, 0.25) is 0 Å². The fraction of sp³-hybridized carbons (Fsp3) is 0.895. The van der Waals surface area contributed by atoms with E-state index in [1.54, 1.807) is 11.1 Å². The van der Waals surface area contributed by atoms with Crippen molar-refractivity contribution >= 4 is 0 Å². The first kappa shape index (κ1) is 16.8. The summed E-state index contributed by atoms with van der Waals surface area (Å²) in [6, 6.07) is 0. The molecule has 1 aliphatic carbocycles. The SMILES string of the molecule is CC/C(C)=C1\CC[C@](C)(CC(CC)C(C)CC)[C@H]1C. The fourth-order valence-corrected chi connectivity index (χ4v) is 4.04. The molecule has 0 heteroatoms. The Labute approximate surface area is 122 Å². The molecule has 0 aromatic heterocycles. The van der Waals surface area contributed by atoms with E-state index in [4.69, 9.17) is 0 Å². The van der Waals surface area contributed by atoms with Crippen LogP contribution >= 0.6 is 0 Å². The van der Waals surface area contributed by atoms with Crippen LogP contribution in [0.25, 0.3) is 0 Å². The normalized spacial score (nSPS) is 33.3. The van der Waals surface area contributed by atoms with Gasteiger partial charge >= 0.3 is 0 Å². The molecule has 19 heavy (non-hydrogen) atoms. The third kappa shape index (κ3) is 3.64. The molecule has 0 radical (unpaired) electrons. The Morgan fingerprint density at radius 3 is 2.37 bits per heavy atom. The molecule has 0 spiro atoms. The van der Waals surface area contributed by atoms with Crippen molar-refractivity contribution in [2.75, 3.05) is 0 Å². The minimum absolute atomic E-state index is 0.551. The summed E-state index contributed by atoms with van der Waals surface area (Å²) in [5.41, 5.74) is 3.99. The molecule has 0 bridgehead atoms. The molecule has 0 heterocycles. The lowest BCUT2D eigenvalue weighted by atomic mass is 9.69. The van der Waals surface area contributed by atoms with Crippen molar-refractivity contribution in [3.05, 3.63) is 11.1 Å². The molecule has 2 unspecified atom stereocenters. The van der Waals surface area contributed by atoms with Crippen molar-refractivity contribution in [2.45, 2.75) is 87.0 Å². The number of rotatable bonds is 6. The highest BCUT2D eigenvalue weighted by molar-refractivity contribution is 5.22. The quantitative estimate of drug-likeness (QED) is 0.473. The molecule has 1 saturated carbocycles. The van der Waals surface area contributed by atoms with Crippen molar-refractivity contribution in [2.24, 2.45) is 23.2 Å². The molecule has 4 atom stereocenters. The first-order valence-corrected chi connectivity index (χ1v) is 8.58. The average Bonchev–Trinajstić information content (AvgIpc) is 2.71. The maximum Gasteiger partial charge on any atom is -0.0175 e. The summed E-state index contributed by atoms with van der Waals surface area (Å²) < 4.78 is 0. The lowest BCUT2D eigenvalue weighted by Gasteiger charge is -2.36. The minimum Gasteiger partial charge on any atom is -0.0741 e. The largest absolute Gasteiger partial charge is 0.0741 e. The summed E-state index contributed by atoms with van der Waals surface area (Å²) in [4.78, 5) is 0. The molecule has 1 fully saturated rings. The van der Waals surface area contributed by atoms with E-state index >= 15 is 0 Å². The number of allylic oxidation sites excluding steroid dienone is 2. The van der Waals surface area contributed by atoms with Crippen LogP contribution in [0.3, 0.4) is 0 Å². The van der Waals surface area contributed by atoms with E-state index < -0.39 is 0 Å². The molecule has 0 aromatic carbocycles. The van der Waals surface area contributed by atoms with E-state index in [9.17, 15) is 0 Å². The van der Waals surface area contributed by atoms with Gasteiger partial charge in [-0.15, -0.1) is 0 Å². The Morgan fingerprint density at radius 2 is 1.89 bits per heavy atom. The third-order valence-corrected chi connectivity index (χ3v) is 6.31. The van der Waals surface area contributed by atoms with Crippen LogP contribution in [0.5, 0.6) is 0 Å². The van der Waals surface area contributed by atoms with Crippen molar-refractivity contribution in [3.63, 3.8) is 0 Å². The van der Waals surface area contributed by atoms with Gasteiger partial charge in [0, 0.05) is 0 Å². The Kier molecular flexibility index (Phi) is 6.15. The molecule has 1 rings (SSSR count). The van der Waals surface area contributed by atoms with Gasteiger partial charge in [-0.25, -0.2) is 0 Å². The first-order valence-electron chi connectivity index (χ1n) is 8.58. The van der Waals surface area contributed by atoms with E-state index in [2.05, 4.69) is 48.5 Å². The second kappa shape index (κ2) is 6.95. The van der Waals surface area contributed by atoms with E-state index in [0.29, 0.717) is 5.41 Å². The van der Waals surface area contributed by atoms with Crippen LogP contribution in [-0.2, 0) is 0 Å². The first-order chi connectivity index (χ1) is 8.89. The summed E-state index contributed by atoms with van der Waals surface area (Å²) in [5, 5.41) is 0. The van der Waals surface area contributed by atoms with Gasteiger partial charge in [0.1, 0.15) is 0 Å². The average molecular weight is 264 g/mol. The summed E-state index contributed by atoms with van der Waals surface area (Å²) in [5.74, 6) is 2.60. The van der Waals surface area contributed by atoms with Gasteiger partial charge < -0.3 is 0 Å². The predicted octanol–water partition coefficient (Wildman–Crippen LogP) is 6.61. The Morgan fingerprint density at radius 1 is 1.26 bits per heavy atom. The maximum atomic E-state index is 2.55. The molecule has 0 amide bonds. The summed E-state index contributed by atoms with van der Waals surface area (Å²) in [7, 11) is 0. The van der Waals surface area contributed by atoms with Crippen molar-refractivity contribution < 1.29 is 0 Å². The highest BCUT2D eigenvalue weighted by atomic mass is 14.5. The highest BCUT2D eigenvalue weighted by Crippen LogP contribution is 2.52. The van der Waals surface area contributed by atoms with Crippen LogP contribution in [0.1, 0.15) is 87.0 Å². The van der Waals surface area contributed by atoms with Crippen LogP contribution in [0, 0.1) is 23.2 Å². The van der Waals surface area contributed by atoms with Crippen LogP contribution in [0.15, 0.2) is 11.1 Å². The highest BCUT2D eigenvalue weighted by Gasteiger charge is 2.41. The second-order valence-corrected chi connectivity index (χ2v) is 7.29. The van der Waals surface area contributed by atoms with Gasteiger partial charge in [-0.3, -0.25) is 0 Å². The molecule has 0 aliphatic heterocycles. The molecule has 0 saturated heterocycles. The van der Waals surface area contributed by atoms with Crippen molar-refractivity contribution in [3.8, 4) is 0 Å². The Hall–Kier alpha value is -0.260. The lowest BCUT2D eigenvalue weighted by Crippen LogP contribution is -2.26. The van der Waals surface area contributed by atoms with Crippen molar-refractivity contribution in [1.29, 1.82) is 0 Å². The lowest BCUT2D eigenvalue weighted by molar-refractivity contribution is 0.158. The molecule has 0 nitrogen and oxygen atoms in total. The molecule has 112 valence electrons. The molecular weight excluding hydrogens is 228 g/mol. The molecule has 1 aliphatic rings. The maximum absolute atomic E-state index is 2.55. The van der Waals surface area contributed by atoms with Crippen LogP contribution in [-0.4, -0.2) is 0 Å². The third-order valence-electron chi connectivity index (χ3n) is 6.31.